The van der Waals surface area contributed by atoms with Crippen molar-refractivity contribution in [3.63, 3.8) is 0 Å². The lowest BCUT2D eigenvalue weighted by Gasteiger charge is -2.45. The zero-order chi connectivity index (χ0) is 19.4. The Morgan fingerprint density at radius 2 is 1.44 bits per heavy atom. The quantitative estimate of drug-likeness (QED) is 0.598. The molecule has 0 aliphatic carbocycles. The molecule has 0 fully saturated rings. The highest BCUT2D eigenvalue weighted by molar-refractivity contribution is 6.95. The number of nitrogens with one attached hydrogen (secondary N) is 1. The molecule has 1 nitrogen and oxygen atoms in total. The van der Waals surface area contributed by atoms with E-state index in [9.17, 15) is 0 Å². The van der Waals surface area contributed by atoms with Gasteiger partial charge in [-0.25, -0.2) is 0 Å². The summed E-state index contributed by atoms with van der Waals surface area (Å²) in [6, 6.07) is 9.65. The maximum absolute atomic E-state index is 3.95. The van der Waals surface area contributed by atoms with Gasteiger partial charge < -0.3 is 5.32 Å². The lowest BCUT2D eigenvalue weighted by atomic mass is 10.1. The van der Waals surface area contributed by atoms with Gasteiger partial charge in [0.15, 0.2) is 0 Å². The Hall–Kier alpha value is -0.806. The van der Waals surface area contributed by atoms with Crippen molar-refractivity contribution in [2.75, 3.05) is 5.32 Å². The number of benzene rings is 1. The fraction of sp³-hybridized carbons (Fsp3) is 0.636. The van der Waals surface area contributed by atoms with Crippen LogP contribution in [0, 0.1) is 0 Å². The van der Waals surface area contributed by atoms with Crippen LogP contribution in [0.15, 0.2) is 35.0 Å². The van der Waals surface area contributed by atoms with Crippen LogP contribution in [-0.2, 0) is 0 Å². The molecule has 0 radical (unpaired) electrons. The van der Waals surface area contributed by atoms with Gasteiger partial charge >= 0.3 is 0 Å². The van der Waals surface area contributed by atoms with Crippen LogP contribution in [0.4, 0.5) is 5.69 Å². The smallest absolute Gasteiger partial charge is 0.0969 e. The maximum Gasteiger partial charge on any atom is 0.0969 e. The second-order valence-corrected chi connectivity index (χ2v) is 16.1. The first-order valence-corrected chi connectivity index (χ1v) is 13.3. The number of hydrogen-bond acceptors (Lipinski definition) is 1. The van der Waals surface area contributed by atoms with E-state index in [1.807, 2.05) is 0 Å². The molecule has 0 saturated carbocycles. The van der Waals surface area contributed by atoms with Crippen LogP contribution in [0.25, 0.3) is 0 Å². The SMILES string of the molecule is CCC(Nc1ccccc1[Si](C(C)C)(C(C)C)C(C)C)C(C)=C(C)[SiH3]. The fourth-order valence-electron chi connectivity index (χ4n) is 4.97. The van der Waals surface area contributed by atoms with Crippen molar-refractivity contribution < 1.29 is 0 Å². The van der Waals surface area contributed by atoms with E-state index in [0.29, 0.717) is 6.04 Å². The van der Waals surface area contributed by atoms with Crippen molar-refractivity contribution in [1.82, 2.24) is 0 Å². The number of rotatable bonds is 8. The molecule has 3 heteroatoms. The van der Waals surface area contributed by atoms with Gasteiger partial charge in [-0.15, -0.1) is 0 Å². The lowest BCUT2D eigenvalue weighted by Crippen LogP contribution is -2.56. The van der Waals surface area contributed by atoms with E-state index in [1.165, 1.54) is 11.3 Å². The highest BCUT2D eigenvalue weighted by Gasteiger charge is 2.45. The van der Waals surface area contributed by atoms with Crippen molar-refractivity contribution in [1.29, 1.82) is 0 Å². The fourth-order valence-corrected chi connectivity index (χ4v) is 12.2. The van der Waals surface area contributed by atoms with Gasteiger partial charge in [0.2, 0.25) is 0 Å². The molecule has 142 valence electrons. The van der Waals surface area contributed by atoms with Gasteiger partial charge in [-0.1, -0.05) is 77.4 Å². The van der Waals surface area contributed by atoms with E-state index in [0.717, 1.165) is 33.3 Å². The van der Waals surface area contributed by atoms with E-state index >= 15 is 0 Å². The summed E-state index contributed by atoms with van der Waals surface area (Å²) in [4.78, 5) is 0. The van der Waals surface area contributed by atoms with Crippen molar-refractivity contribution in [2.24, 2.45) is 0 Å². The molecule has 0 saturated heterocycles. The molecule has 1 N–H and O–H groups in total. The molecule has 1 atom stereocenters. The lowest BCUT2D eigenvalue weighted by molar-refractivity contribution is 0.783. The zero-order valence-corrected chi connectivity index (χ0v) is 21.3. The second kappa shape index (κ2) is 9.22. The molecule has 25 heavy (non-hydrogen) atoms. The topological polar surface area (TPSA) is 12.0 Å². The summed E-state index contributed by atoms with van der Waals surface area (Å²) in [6.07, 6.45) is 1.14. The normalized spacial score (nSPS) is 15.0. The van der Waals surface area contributed by atoms with Crippen molar-refractivity contribution in [2.45, 2.75) is 91.4 Å². The Balaban J connectivity index is 3.51. The van der Waals surface area contributed by atoms with Gasteiger partial charge in [0.1, 0.15) is 0 Å². The van der Waals surface area contributed by atoms with Crippen LogP contribution in [0.5, 0.6) is 0 Å². The third kappa shape index (κ3) is 4.49. The summed E-state index contributed by atoms with van der Waals surface area (Å²) < 4.78 is 0. The van der Waals surface area contributed by atoms with Crippen LogP contribution in [0.1, 0.15) is 68.7 Å². The Morgan fingerprint density at radius 1 is 0.960 bits per heavy atom. The minimum absolute atomic E-state index is 0.455. The number of anilines is 1. The van der Waals surface area contributed by atoms with E-state index in [-0.39, 0.29) is 0 Å². The Kier molecular flexibility index (Phi) is 8.20. The molecule has 1 aromatic carbocycles. The predicted octanol–water partition coefficient (Wildman–Crippen LogP) is 5.42. The average molecular weight is 376 g/mol. The van der Waals surface area contributed by atoms with Crippen molar-refractivity contribution >= 4 is 29.2 Å². The predicted molar refractivity (Wildman–Crippen MR) is 123 cm³/mol. The highest BCUT2D eigenvalue weighted by atomic mass is 28.3. The Labute approximate surface area is 161 Å². The molecule has 0 aliphatic rings. The Morgan fingerprint density at radius 3 is 1.84 bits per heavy atom. The molecule has 1 rings (SSSR count). The largest absolute Gasteiger partial charge is 0.379 e. The first-order valence-electron chi connectivity index (χ1n) is 10.1. The van der Waals surface area contributed by atoms with Crippen LogP contribution in [0.2, 0.25) is 16.6 Å². The van der Waals surface area contributed by atoms with Crippen LogP contribution >= 0.6 is 0 Å². The van der Waals surface area contributed by atoms with Crippen LogP contribution in [-0.4, -0.2) is 24.4 Å². The van der Waals surface area contributed by atoms with Gasteiger partial charge in [0.25, 0.3) is 0 Å². The minimum atomic E-state index is -1.66. The summed E-state index contributed by atoms with van der Waals surface area (Å²) in [7, 11) is -0.509. The van der Waals surface area contributed by atoms with Crippen molar-refractivity contribution in [3.05, 3.63) is 35.0 Å². The summed E-state index contributed by atoms with van der Waals surface area (Å²) in [6.45, 7) is 21.6. The second-order valence-electron chi connectivity index (χ2n) is 8.73. The molecule has 0 heterocycles. The molecule has 0 aliphatic heterocycles. The van der Waals surface area contributed by atoms with Crippen LogP contribution in [0.3, 0.4) is 0 Å². The molecule has 1 aromatic rings. The standard InChI is InChI=1S/C22H41NSi2/c1-10-20(18(8)19(9)24)23-21-13-11-12-14-22(21)25(15(2)3,16(4)5)17(6)7/h11-17,20,23H,10H2,1-9,24H3. The monoisotopic (exact) mass is 375 g/mol. The zero-order valence-electron chi connectivity index (χ0n) is 18.3. The summed E-state index contributed by atoms with van der Waals surface area (Å²) in [5.41, 5.74) is 5.11. The maximum atomic E-state index is 3.95. The highest BCUT2D eigenvalue weighted by Crippen LogP contribution is 2.42. The molecular formula is C22H41NSi2. The first kappa shape index (κ1) is 22.2. The number of allylic oxidation sites excluding steroid dienone is 1. The molecule has 0 spiro atoms. The molecule has 1 unspecified atom stereocenters. The average Bonchev–Trinajstić information content (AvgIpc) is 2.52. The summed E-state index contributed by atoms with van der Waals surface area (Å²) >= 11 is 0. The third-order valence-corrected chi connectivity index (χ3v) is 14.2. The van der Waals surface area contributed by atoms with E-state index in [4.69, 9.17) is 0 Å². The third-order valence-electron chi connectivity index (χ3n) is 6.31. The van der Waals surface area contributed by atoms with E-state index < -0.39 is 8.07 Å². The molecule has 0 aromatic heterocycles. The first-order chi connectivity index (χ1) is 11.6. The van der Waals surface area contributed by atoms with Gasteiger partial charge in [-0.3, -0.25) is 0 Å². The van der Waals surface area contributed by atoms with Gasteiger partial charge in [-0.05, 0) is 48.1 Å². The van der Waals surface area contributed by atoms with Gasteiger partial charge in [0.05, 0.1) is 8.07 Å². The van der Waals surface area contributed by atoms with Gasteiger partial charge in [0, 0.05) is 22.0 Å². The van der Waals surface area contributed by atoms with Crippen molar-refractivity contribution in [3.8, 4) is 0 Å². The Bertz CT molecular complexity index is 562. The summed E-state index contributed by atoms with van der Waals surface area (Å²) in [5, 5.41) is 7.15. The molecule has 0 amide bonds. The minimum Gasteiger partial charge on any atom is -0.379 e. The number of para-hydroxylation sites is 1. The van der Waals surface area contributed by atoms with Gasteiger partial charge in [-0.2, -0.15) is 0 Å². The van der Waals surface area contributed by atoms with E-state index in [1.54, 1.807) is 10.4 Å². The summed E-state index contributed by atoms with van der Waals surface area (Å²) in [5.74, 6) is 0. The van der Waals surface area contributed by atoms with Crippen LogP contribution < -0.4 is 10.5 Å². The molecular weight excluding hydrogens is 334 g/mol. The number of hydrogen-bond donors (Lipinski definition) is 1. The molecule has 0 bridgehead atoms. The van der Waals surface area contributed by atoms with E-state index in [2.05, 4.69) is 91.9 Å².